The van der Waals surface area contributed by atoms with Crippen molar-refractivity contribution in [3.8, 4) is 0 Å². The summed E-state index contributed by atoms with van der Waals surface area (Å²) in [4.78, 5) is 21.8. The first kappa shape index (κ1) is 7.98. The van der Waals surface area contributed by atoms with Crippen molar-refractivity contribution in [2.24, 2.45) is 11.8 Å². The average molecular weight is 153 g/mol. The molecule has 11 heavy (non-hydrogen) atoms. The van der Waals surface area contributed by atoms with E-state index in [2.05, 4.69) is 5.32 Å². The molecule has 1 rings (SSSR count). The topological polar surface area (TPSA) is 46.2 Å². The number of amides is 2. The number of rotatable bonds is 0. The van der Waals surface area contributed by atoms with Gasteiger partial charge < -0.3 is 0 Å². The van der Waals surface area contributed by atoms with E-state index in [9.17, 15) is 9.59 Å². The monoisotopic (exact) mass is 153 g/mol. The molecule has 60 valence electrons. The Labute approximate surface area is 65.5 Å². The Bertz CT molecular complexity index is 220. The van der Waals surface area contributed by atoms with E-state index in [4.69, 9.17) is 0 Å². The predicted octanol–water partition coefficient (Wildman–Crippen LogP) is 0.471. The third-order valence-electron chi connectivity index (χ3n) is 2.00. The Morgan fingerprint density at radius 3 is 2.64 bits per heavy atom. The van der Waals surface area contributed by atoms with E-state index in [1.807, 2.05) is 13.8 Å². The maximum Gasteiger partial charge on any atom is 0.250 e. The molecule has 3 heteroatoms. The summed E-state index contributed by atoms with van der Waals surface area (Å²) in [6, 6.07) is 0. The number of nitrogens with one attached hydrogen (secondary N) is 1. The fourth-order valence-corrected chi connectivity index (χ4v) is 0.922. The molecule has 0 fully saturated rings. The molecule has 0 spiro atoms. The predicted molar refractivity (Wildman–Crippen MR) is 40.6 cm³/mol. The van der Waals surface area contributed by atoms with Gasteiger partial charge in [0.05, 0.1) is 0 Å². The molecule has 1 aliphatic heterocycles. The summed E-state index contributed by atoms with van der Waals surface area (Å²) in [7, 11) is 0. The van der Waals surface area contributed by atoms with Crippen LogP contribution in [0.5, 0.6) is 0 Å². The van der Waals surface area contributed by atoms with E-state index >= 15 is 0 Å². The molecule has 0 saturated carbocycles. The van der Waals surface area contributed by atoms with Crippen LogP contribution in [0.4, 0.5) is 0 Å². The zero-order valence-corrected chi connectivity index (χ0v) is 6.63. The molecule has 0 radical (unpaired) electrons. The first-order valence-corrected chi connectivity index (χ1v) is 3.64. The lowest BCUT2D eigenvalue weighted by Crippen LogP contribution is -2.33. The number of carbonyl (C=O) groups excluding carboxylic acids is 2. The largest absolute Gasteiger partial charge is 0.293 e. The Morgan fingerprint density at radius 1 is 1.36 bits per heavy atom. The van der Waals surface area contributed by atoms with Crippen molar-refractivity contribution < 1.29 is 9.59 Å². The molecular formula is C8H11NO2. The van der Waals surface area contributed by atoms with Gasteiger partial charge in [-0.2, -0.15) is 0 Å². The van der Waals surface area contributed by atoms with E-state index in [0.29, 0.717) is 0 Å². The van der Waals surface area contributed by atoms with Crippen molar-refractivity contribution in [3.05, 3.63) is 12.2 Å². The summed E-state index contributed by atoms with van der Waals surface area (Å²) in [5.74, 6) is -0.474. The minimum atomic E-state index is -0.314. The molecule has 2 unspecified atom stereocenters. The fraction of sp³-hybridized carbons (Fsp3) is 0.500. The number of imide groups is 1. The zero-order chi connectivity index (χ0) is 8.43. The van der Waals surface area contributed by atoms with Crippen molar-refractivity contribution >= 4 is 11.8 Å². The highest BCUT2D eigenvalue weighted by molar-refractivity contribution is 6.02. The third-order valence-corrected chi connectivity index (χ3v) is 2.00. The van der Waals surface area contributed by atoms with Crippen LogP contribution in [-0.2, 0) is 9.59 Å². The SMILES string of the molecule is CC1C=CC(=O)NC(=O)C1C. The van der Waals surface area contributed by atoms with Gasteiger partial charge in [-0.05, 0) is 12.0 Å². The van der Waals surface area contributed by atoms with Crippen LogP contribution in [-0.4, -0.2) is 11.8 Å². The van der Waals surface area contributed by atoms with E-state index in [1.54, 1.807) is 6.08 Å². The second-order valence-electron chi connectivity index (χ2n) is 2.86. The van der Waals surface area contributed by atoms with Crippen LogP contribution < -0.4 is 5.32 Å². The van der Waals surface area contributed by atoms with Crippen LogP contribution in [0.3, 0.4) is 0 Å². The van der Waals surface area contributed by atoms with Crippen molar-refractivity contribution in [2.75, 3.05) is 0 Å². The molecular weight excluding hydrogens is 142 g/mol. The van der Waals surface area contributed by atoms with Gasteiger partial charge in [0, 0.05) is 5.92 Å². The quantitative estimate of drug-likeness (QED) is 0.514. The molecule has 0 aromatic carbocycles. The van der Waals surface area contributed by atoms with Gasteiger partial charge in [0.25, 0.3) is 0 Å². The summed E-state index contributed by atoms with van der Waals surface area (Å²) in [5.41, 5.74) is 0. The van der Waals surface area contributed by atoms with Crippen molar-refractivity contribution in [1.82, 2.24) is 5.32 Å². The first-order valence-electron chi connectivity index (χ1n) is 3.64. The van der Waals surface area contributed by atoms with E-state index in [1.165, 1.54) is 6.08 Å². The van der Waals surface area contributed by atoms with Gasteiger partial charge in [0.2, 0.25) is 11.8 Å². The molecule has 0 aromatic rings. The Kier molecular flexibility index (Phi) is 2.08. The van der Waals surface area contributed by atoms with Gasteiger partial charge in [-0.15, -0.1) is 0 Å². The van der Waals surface area contributed by atoms with E-state index < -0.39 is 0 Å². The summed E-state index contributed by atoms with van der Waals surface area (Å²) in [6.07, 6.45) is 3.16. The van der Waals surface area contributed by atoms with Gasteiger partial charge in [0.15, 0.2) is 0 Å². The van der Waals surface area contributed by atoms with Crippen LogP contribution in [0.15, 0.2) is 12.2 Å². The summed E-state index contributed by atoms with van der Waals surface area (Å²) >= 11 is 0. The zero-order valence-electron chi connectivity index (χ0n) is 6.63. The van der Waals surface area contributed by atoms with Gasteiger partial charge in [0.1, 0.15) is 0 Å². The summed E-state index contributed by atoms with van der Waals surface area (Å²) in [5, 5.41) is 2.26. The second-order valence-corrected chi connectivity index (χ2v) is 2.86. The molecule has 0 bridgehead atoms. The second kappa shape index (κ2) is 2.86. The highest BCUT2D eigenvalue weighted by Gasteiger charge is 2.22. The molecule has 1 N–H and O–H groups in total. The maximum absolute atomic E-state index is 11.1. The minimum absolute atomic E-state index is 0.113. The van der Waals surface area contributed by atoms with E-state index in [-0.39, 0.29) is 23.7 Å². The highest BCUT2D eigenvalue weighted by atomic mass is 16.2. The molecule has 3 nitrogen and oxygen atoms in total. The first-order chi connectivity index (χ1) is 5.11. The molecule has 2 amide bonds. The van der Waals surface area contributed by atoms with Crippen molar-refractivity contribution in [2.45, 2.75) is 13.8 Å². The van der Waals surface area contributed by atoms with Crippen LogP contribution in [0.25, 0.3) is 0 Å². The highest BCUT2D eigenvalue weighted by Crippen LogP contribution is 2.14. The van der Waals surface area contributed by atoms with Gasteiger partial charge in [-0.25, -0.2) is 0 Å². The van der Waals surface area contributed by atoms with Crippen LogP contribution in [0.2, 0.25) is 0 Å². The Hall–Kier alpha value is -1.12. The molecule has 2 atom stereocenters. The lowest BCUT2D eigenvalue weighted by Gasteiger charge is -2.11. The van der Waals surface area contributed by atoms with Crippen LogP contribution in [0, 0.1) is 11.8 Å². The number of carbonyl (C=O) groups is 2. The molecule has 0 aliphatic carbocycles. The average Bonchev–Trinajstić information content (AvgIpc) is 2.05. The maximum atomic E-state index is 11.1. The van der Waals surface area contributed by atoms with Crippen LogP contribution in [0.1, 0.15) is 13.8 Å². The van der Waals surface area contributed by atoms with Crippen LogP contribution >= 0.6 is 0 Å². The van der Waals surface area contributed by atoms with Crippen molar-refractivity contribution in [3.63, 3.8) is 0 Å². The number of allylic oxidation sites excluding steroid dienone is 1. The fourth-order valence-electron chi connectivity index (χ4n) is 0.922. The van der Waals surface area contributed by atoms with E-state index in [0.717, 1.165) is 0 Å². The Morgan fingerprint density at radius 2 is 2.00 bits per heavy atom. The minimum Gasteiger partial charge on any atom is -0.293 e. The summed E-state index contributed by atoms with van der Waals surface area (Å²) < 4.78 is 0. The molecule has 1 heterocycles. The number of hydrogen-bond acceptors (Lipinski definition) is 2. The molecule has 0 saturated heterocycles. The molecule has 0 aromatic heterocycles. The van der Waals surface area contributed by atoms with Gasteiger partial charge in [-0.1, -0.05) is 19.9 Å². The number of hydrogen-bond donors (Lipinski definition) is 1. The third kappa shape index (κ3) is 1.67. The van der Waals surface area contributed by atoms with Gasteiger partial charge in [-0.3, -0.25) is 14.9 Å². The normalized spacial score (nSPS) is 31.5. The van der Waals surface area contributed by atoms with Gasteiger partial charge >= 0.3 is 0 Å². The van der Waals surface area contributed by atoms with Crippen molar-refractivity contribution in [1.29, 1.82) is 0 Å². The lowest BCUT2D eigenvalue weighted by molar-refractivity contribution is -0.130. The lowest BCUT2D eigenvalue weighted by atomic mass is 9.96. The molecule has 1 aliphatic rings. The summed E-state index contributed by atoms with van der Waals surface area (Å²) in [6.45, 7) is 3.72. The standard InChI is InChI=1S/C8H11NO2/c1-5-3-4-7(10)9-8(11)6(5)2/h3-6H,1-2H3,(H,9,10,11). The smallest absolute Gasteiger partial charge is 0.250 e. The Balaban J connectivity index is 2.82.